The first-order chi connectivity index (χ1) is 12.0. The lowest BCUT2D eigenvalue weighted by molar-refractivity contribution is 0.104. The van der Waals surface area contributed by atoms with E-state index in [4.69, 9.17) is 25.8 Å². The molecule has 0 bridgehead atoms. The van der Waals surface area contributed by atoms with E-state index in [0.717, 1.165) is 0 Å². The number of phenolic OH excluding ortho intramolecular Hbond substituents is 1. The molecule has 0 aliphatic rings. The Morgan fingerprint density at radius 2 is 1.72 bits per heavy atom. The van der Waals surface area contributed by atoms with Crippen molar-refractivity contribution >= 4 is 23.1 Å². The molecule has 0 unspecified atom stereocenters. The van der Waals surface area contributed by atoms with Crippen molar-refractivity contribution in [1.29, 1.82) is 0 Å². The number of phenols is 1. The van der Waals surface area contributed by atoms with Crippen molar-refractivity contribution in [3.8, 4) is 23.0 Å². The number of hydrogen-bond donors (Lipinski definition) is 2. The third-order valence-electron chi connectivity index (χ3n) is 3.37. The fourth-order valence-corrected chi connectivity index (χ4v) is 2.32. The normalized spacial score (nSPS) is 10.6. The molecule has 0 heterocycles. The SMILES string of the molecule is COc1cc(C(=O)/C=C\Nc2cc(O)ccc2Cl)cc(OC)c1OC. The van der Waals surface area contributed by atoms with Crippen LogP contribution in [0.4, 0.5) is 5.69 Å². The van der Waals surface area contributed by atoms with Crippen molar-refractivity contribution in [2.24, 2.45) is 0 Å². The van der Waals surface area contributed by atoms with Gasteiger partial charge in [-0.3, -0.25) is 4.79 Å². The quantitative estimate of drug-likeness (QED) is 0.574. The number of anilines is 1. The second-order valence-corrected chi connectivity index (χ2v) is 5.33. The second-order valence-electron chi connectivity index (χ2n) is 4.92. The number of carbonyl (C=O) groups is 1. The Labute approximate surface area is 150 Å². The number of hydrogen-bond acceptors (Lipinski definition) is 6. The van der Waals surface area contributed by atoms with E-state index in [1.54, 1.807) is 18.2 Å². The van der Waals surface area contributed by atoms with Gasteiger partial charge in [0.1, 0.15) is 5.75 Å². The number of aromatic hydroxyl groups is 1. The lowest BCUT2D eigenvalue weighted by atomic mass is 10.1. The summed E-state index contributed by atoms with van der Waals surface area (Å²) in [5.74, 6) is 0.986. The summed E-state index contributed by atoms with van der Waals surface area (Å²) in [6.07, 6.45) is 2.77. The minimum atomic E-state index is -0.275. The van der Waals surface area contributed by atoms with E-state index in [1.165, 1.54) is 45.7 Å². The maximum absolute atomic E-state index is 12.4. The van der Waals surface area contributed by atoms with Crippen molar-refractivity contribution < 1.29 is 24.1 Å². The van der Waals surface area contributed by atoms with E-state index in [0.29, 0.717) is 33.5 Å². The van der Waals surface area contributed by atoms with Gasteiger partial charge in [0.2, 0.25) is 5.75 Å². The number of nitrogens with one attached hydrogen (secondary N) is 1. The number of ether oxygens (including phenoxy) is 3. The first kappa shape index (κ1) is 18.5. The van der Waals surface area contributed by atoms with E-state index < -0.39 is 0 Å². The highest BCUT2D eigenvalue weighted by Crippen LogP contribution is 2.38. The lowest BCUT2D eigenvalue weighted by Gasteiger charge is -2.13. The molecular weight excluding hydrogens is 346 g/mol. The van der Waals surface area contributed by atoms with E-state index in [-0.39, 0.29) is 11.5 Å². The molecule has 0 saturated carbocycles. The monoisotopic (exact) mass is 363 g/mol. The van der Waals surface area contributed by atoms with Crippen LogP contribution in [0.15, 0.2) is 42.6 Å². The predicted molar refractivity (Wildman–Crippen MR) is 96.3 cm³/mol. The van der Waals surface area contributed by atoms with Crippen molar-refractivity contribution in [3.05, 3.63) is 53.2 Å². The summed E-state index contributed by atoms with van der Waals surface area (Å²) in [4.78, 5) is 12.4. The van der Waals surface area contributed by atoms with Gasteiger partial charge in [0.15, 0.2) is 17.3 Å². The minimum absolute atomic E-state index is 0.0660. The van der Waals surface area contributed by atoms with Gasteiger partial charge in [-0.2, -0.15) is 0 Å². The number of allylic oxidation sites excluding steroid dienone is 1. The van der Waals surface area contributed by atoms with E-state index >= 15 is 0 Å². The van der Waals surface area contributed by atoms with Crippen LogP contribution >= 0.6 is 11.6 Å². The molecule has 2 N–H and O–H groups in total. The average Bonchev–Trinajstić information content (AvgIpc) is 2.62. The second kappa shape index (κ2) is 8.30. The number of benzene rings is 2. The molecule has 2 rings (SSSR count). The van der Waals surface area contributed by atoms with Gasteiger partial charge in [0, 0.05) is 23.9 Å². The summed E-state index contributed by atoms with van der Waals surface area (Å²) < 4.78 is 15.7. The van der Waals surface area contributed by atoms with Crippen LogP contribution in [0.2, 0.25) is 5.02 Å². The van der Waals surface area contributed by atoms with Crippen LogP contribution in [0.1, 0.15) is 10.4 Å². The molecule has 0 atom stereocenters. The van der Waals surface area contributed by atoms with Gasteiger partial charge in [-0.1, -0.05) is 11.6 Å². The maximum atomic E-state index is 12.4. The zero-order valence-electron chi connectivity index (χ0n) is 14.0. The van der Waals surface area contributed by atoms with Gasteiger partial charge < -0.3 is 24.6 Å². The Bertz CT molecular complexity index is 779. The summed E-state index contributed by atoms with van der Waals surface area (Å²) in [6.45, 7) is 0. The fraction of sp³-hybridized carbons (Fsp3) is 0.167. The Morgan fingerprint density at radius 1 is 1.08 bits per heavy atom. The van der Waals surface area contributed by atoms with Gasteiger partial charge in [-0.15, -0.1) is 0 Å². The first-order valence-electron chi connectivity index (χ1n) is 7.26. The van der Waals surface area contributed by atoms with E-state index in [1.807, 2.05) is 0 Å². The number of methoxy groups -OCH3 is 3. The highest BCUT2D eigenvalue weighted by Gasteiger charge is 2.15. The lowest BCUT2D eigenvalue weighted by Crippen LogP contribution is -2.01. The average molecular weight is 364 g/mol. The molecule has 2 aromatic rings. The number of ketones is 1. The standard InChI is InChI=1S/C18H18ClNO5/c1-23-16-8-11(9-17(24-2)18(16)25-3)15(22)6-7-20-14-10-12(21)4-5-13(14)19/h4-10,20-21H,1-3H3/b7-6-. The molecule has 0 aliphatic heterocycles. The van der Waals surface area contributed by atoms with Crippen molar-refractivity contribution in [2.45, 2.75) is 0 Å². The third-order valence-corrected chi connectivity index (χ3v) is 3.70. The topological polar surface area (TPSA) is 77.0 Å². The molecule has 0 fully saturated rings. The molecule has 132 valence electrons. The molecule has 0 aliphatic carbocycles. The van der Waals surface area contributed by atoms with Crippen LogP contribution in [-0.2, 0) is 0 Å². The van der Waals surface area contributed by atoms with E-state index in [2.05, 4.69) is 5.32 Å². The van der Waals surface area contributed by atoms with E-state index in [9.17, 15) is 9.90 Å². The number of halogens is 1. The van der Waals surface area contributed by atoms with Crippen LogP contribution in [0.25, 0.3) is 0 Å². The summed E-state index contributed by atoms with van der Waals surface area (Å²) in [5.41, 5.74) is 0.852. The van der Waals surface area contributed by atoms with Crippen LogP contribution in [0.5, 0.6) is 23.0 Å². The summed E-state index contributed by atoms with van der Waals surface area (Å²) in [7, 11) is 4.45. The van der Waals surface area contributed by atoms with Crippen LogP contribution < -0.4 is 19.5 Å². The Kier molecular flexibility index (Phi) is 6.14. The molecule has 25 heavy (non-hydrogen) atoms. The summed E-state index contributed by atoms with van der Waals surface area (Å²) in [5, 5.41) is 12.7. The van der Waals surface area contributed by atoms with Gasteiger partial charge in [-0.25, -0.2) is 0 Å². The van der Waals surface area contributed by atoms with Crippen molar-refractivity contribution in [3.63, 3.8) is 0 Å². The predicted octanol–water partition coefficient (Wildman–Crippen LogP) is 3.88. The smallest absolute Gasteiger partial charge is 0.203 e. The van der Waals surface area contributed by atoms with Crippen LogP contribution in [0, 0.1) is 0 Å². The highest BCUT2D eigenvalue weighted by molar-refractivity contribution is 6.33. The molecule has 7 heteroatoms. The molecule has 0 aromatic heterocycles. The fourth-order valence-electron chi connectivity index (χ4n) is 2.15. The van der Waals surface area contributed by atoms with Gasteiger partial charge in [-0.05, 0) is 24.3 Å². The van der Waals surface area contributed by atoms with Gasteiger partial charge >= 0.3 is 0 Å². The van der Waals surface area contributed by atoms with Crippen LogP contribution in [0.3, 0.4) is 0 Å². The Hall–Kier alpha value is -2.86. The molecule has 0 amide bonds. The zero-order valence-corrected chi connectivity index (χ0v) is 14.8. The molecule has 6 nitrogen and oxygen atoms in total. The van der Waals surface area contributed by atoms with Gasteiger partial charge in [0.25, 0.3) is 0 Å². The maximum Gasteiger partial charge on any atom is 0.203 e. The third kappa shape index (κ3) is 4.36. The molecule has 0 saturated heterocycles. The van der Waals surface area contributed by atoms with Crippen molar-refractivity contribution in [2.75, 3.05) is 26.6 Å². The Morgan fingerprint density at radius 3 is 2.28 bits per heavy atom. The van der Waals surface area contributed by atoms with Crippen LogP contribution in [-0.4, -0.2) is 32.2 Å². The number of rotatable bonds is 7. The Balaban J connectivity index is 2.21. The molecule has 2 aromatic carbocycles. The highest BCUT2D eigenvalue weighted by atomic mass is 35.5. The molecular formula is C18H18ClNO5. The molecule has 0 radical (unpaired) electrons. The van der Waals surface area contributed by atoms with Crippen molar-refractivity contribution in [1.82, 2.24) is 0 Å². The largest absolute Gasteiger partial charge is 0.508 e. The zero-order chi connectivity index (χ0) is 18.4. The minimum Gasteiger partial charge on any atom is -0.508 e. The van der Waals surface area contributed by atoms with Gasteiger partial charge in [0.05, 0.1) is 32.0 Å². The summed E-state index contributed by atoms with van der Waals surface area (Å²) in [6, 6.07) is 7.60. The molecule has 0 spiro atoms. The summed E-state index contributed by atoms with van der Waals surface area (Å²) >= 11 is 6.00. The number of carbonyl (C=O) groups excluding carboxylic acids is 1. The first-order valence-corrected chi connectivity index (χ1v) is 7.64.